The number of nitrogens with zero attached hydrogens (tertiary/aromatic N) is 3. The average molecular weight is 409 g/mol. The zero-order valence-electron chi connectivity index (χ0n) is 17.8. The molecule has 1 aromatic carbocycles. The van der Waals surface area contributed by atoms with E-state index in [9.17, 15) is 4.79 Å². The second kappa shape index (κ2) is 8.07. The molecule has 0 saturated heterocycles. The molecule has 7 heteroatoms. The van der Waals surface area contributed by atoms with Crippen molar-refractivity contribution in [3.05, 3.63) is 59.5 Å². The predicted octanol–water partition coefficient (Wildman–Crippen LogP) is 3.64. The highest BCUT2D eigenvalue weighted by molar-refractivity contribution is 5.75. The third-order valence-corrected chi connectivity index (χ3v) is 6.06. The van der Waals surface area contributed by atoms with Crippen molar-refractivity contribution in [2.24, 2.45) is 5.92 Å². The maximum Gasteiger partial charge on any atom is 0.312 e. The zero-order valence-corrected chi connectivity index (χ0v) is 17.8. The molecule has 4 rings (SSSR count). The second-order valence-corrected chi connectivity index (χ2v) is 7.89. The lowest BCUT2D eigenvalue weighted by atomic mass is 9.68. The molecule has 1 aliphatic carbocycles. The maximum atomic E-state index is 12.2. The third-order valence-electron chi connectivity index (χ3n) is 6.06. The Labute approximate surface area is 176 Å². The summed E-state index contributed by atoms with van der Waals surface area (Å²) in [5.41, 5.74) is 2.06. The van der Waals surface area contributed by atoms with Crippen LogP contribution in [0.2, 0.25) is 0 Å². The highest BCUT2D eigenvalue weighted by Crippen LogP contribution is 2.49. The van der Waals surface area contributed by atoms with Gasteiger partial charge in [0.2, 0.25) is 0 Å². The van der Waals surface area contributed by atoms with Crippen LogP contribution < -0.4 is 4.74 Å². The fourth-order valence-electron chi connectivity index (χ4n) is 4.08. The minimum Gasteiger partial charge on any atom is -0.491 e. The minimum atomic E-state index is -0.839. The van der Waals surface area contributed by atoms with E-state index in [1.165, 1.54) is 12.7 Å². The van der Waals surface area contributed by atoms with Crippen LogP contribution in [0.25, 0.3) is 5.65 Å². The molecule has 0 spiro atoms. The molecule has 3 aromatic rings. The van der Waals surface area contributed by atoms with Crippen LogP contribution in [0.1, 0.15) is 42.6 Å². The topological polar surface area (TPSA) is 75.0 Å². The van der Waals surface area contributed by atoms with Crippen molar-refractivity contribution in [2.75, 3.05) is 20.8 Å². The van der Waals surface area contributed by atoms with Crippen molar-refractivity contribution in [3.8, 4) is 5.75 Å². The van der Waals surface area contributed by atoms with Crippen LogP contribution >= 0.6 is 0 Å². The number of carbonyl (C=O) groups is 1. The molecule has 1 saturated carbocycles. The van der Waals surface area contributed by atoms with Gasteiger partial charge in [0.15, 0.2) is 11.5 Å². The van der Waals surface area contributed by atoms with Crippen LogP contribution in [0.4, 0.5) is 0 Å². The van der Waals surface area contributed by atoms with E-state index in [1.807, 2.05) is 37.4 Å². The van der Waals surface area contributed by atoms with E-state index in [4.69, 9.17) is 19.2 Å². The number of carbonyl (C=O) groups excluding carboxylic acids is 1. The first-order chi connectivity index (χ1) is 14.5. The zero-order chi connectivity index (χ0) is 21.3. The smallest absolute Gasteiger partial charge is 0.312 e. The largest absolute Gasteiger partial charge is 0.491 e. The maximum absolute atomic E-state index is 12.2. The first kappa shape index (κ1) is 20.3. The predicted molar refractivity (Wildman–Crippen MR) is 112 cm³/mol. The van der Waals surface area contributed by atoms with Crippen LogP contribution in [0.15, 0.2) is 42.6 Å². The molecule has 3 atom stereocenters. The number of fused-ring (bicyclic) bond motifs is 1. The highest BCUT2D eigenvalue weighted by atomic mass is 16.5. The molecule has 30 heavy (non-hydrogen) atoms. The van der Waals surface area contributed by atoms with E-state index >= 15 is 0 Å². The molecule has 2 heterocycles. The van der Waals surface area contributed by atoms with Gasteiger partial charge >= 0.3 is 5.97 Å². The first-order valence-electron chi connectivity index (χ1n) is 10.2. The Hall–Kier alpha value is -2.93. The number of rotatable bonds is 7. The lowest BCUT2D eigenvalue weighted by Crippen LogP contribution is -2.51. The summed E-state index contributed by atoms with van der Waals surface area (Å²) in [5.74, 6) is 0.805. The van der Waals surface area contributed by atoms with E-state index in [2.05, 4.69) is 24.2 Å². The molecule has 0 bridgehead atoms. The number of benzene rings is 1. The molecule has 0 radical (unpaired) electrons. The van der Waals surface area contributed by atoms with Crippen molar-refractivity contribution in [3.63, 3.8) is 0 Å². The van der Waals surface area contributed by atoms with E-state index < -0.39 is 11.5 Å². The third kappa shape index (κ3) is 3.43. The lowest BCUT2D eigenvalue weighted by molar-refractivity contribution is -0.182. The Bertz CT molecular complexity index is 1050. The summed E-state index contributed by atoms with van der Waals surface area (Å²) < 4.78 is 18.5. The molecular formula is C23H27N3O4. The Kier molecular flexibility index (Phi) is 5.47. The fraction of sp³-hybridized carbons (Fsp3) is 0.435. The van der Waals surface area contributed by atoms with E-state index in [-0.39, 0.29) is 11.9 Å². The normalized spacial score (nSPS) is 21.8. The SMILES string of the molecule is COC(=O)C1CCC1(OC)c1nc2c(C)cc(OC[C@H](C)c3ccccc3)cn2n1. The Morgan fingerprint density at radius 1 is 1.30 bits per heavy atom. The molecule has 0 N–H and O–H groups in total. The Morgan fingerprint density at radius 2 is 2.07 bits per heavy atom. The molecular weight excluding hydrogens is 382 g/mol. The standard InChI is InChI=1S/C23H27N3O4/c1-15-12-18(30-14-16(2)17-8-6-5-7-9-17)13-26-20(15)24-22(25-26)23(29-4)11-10-19(23)21(27)28-3/h5-9,12-13,16,19H,10-11,14H2,1-4H3/t16-,19?,23?/m0/s1. The van der Waals surface area contributed by atoms with Crippen molar-refractivity contribution >= 4 is 11.6 Å². The fourth-order valence-corrected chi connectivity index (χ4v) is 4.08. The number of hydrogen-bond acceptors (Lipinski definition) is 6. The van der Waals surface area contributed by atoms with Crippen molar-refractivity contribution in [1.82, 2.24) is 14.6 Å². The Balaban J connectivity index is 1.58. The van der Waals surface area contributed by atoms with E-state index in [0.29, 0.717) is 25.3 Å². The number of hydrogen-bond donors (Lipinski definition) is 0. The van der Waals surface area contributed by atoms with Crippen LogP contribution in [-0.2, 0) is 19.9 Å². The summed E-state index contributed by atoms with van der Waals surface area (Å²) in [4.78, 5) is 16.9. The van der Waals surface area contributed by atoms with Gasteiger partial charge in [-0.1, -0.05) is 37.3 Å². The van der Waals surface area contributed by atoms with Gasteiger partial charge in [0, 0.05) is 13.0 Å². The van der Waals surface area contributed by atoms with Crippen molar-refractivity contribution in [2.45, 2.75) is 38.2 Å². The van der Waals surface area contributed by atoms with Crippen molar-refractivity contribution in [1.29, 1.82) is 0 Å². The molecule has 1 fully saturated rings. The van der Waals surface area contributed by atoms with Crippen LogP contribution in [0, 0.1) is 12.8 Å². The van der Waals surface area contributed by atoms with Gasteiger partial charge in [0.25, 0.3) is 0 Å². The molecule has 2 unspecified atom stereocenters. The van der Waals surface area contributed by atoms with Crippen LogP contribution in [0.3, 0.4) is 0 Å². The second-order valence-electron chi connectivity index (χ2n) is 7.89. The van der Waals surface area contributed by atoms with Gasteiger partial charge in [0.1, 0.15) is 11.4 Å². The summed E-state index contributed by atoms with van der Waals surface area (Å²) in [5, 5.41) is 4.64. The van der Waals surface area contributed by atoms with Crippen LogP contribution in [-0.4, -0.2) is 41.4 Å². The molecule has 0 aliphatic heterocycles. The summed E-state index contributed by atoms with van der Waals surface area (Å²) >= 11 is 0. The monoisotopic (exact) mass is 409 g/mol. The van der Waals surface area contributed by atoms with E-state index in [1.54, 1.807) is 11.6 Å². The molecule has 0 amide bonds. The average Bonchev–Trinajstić information content (AvgIpc) is 3.17. The quantitative estimate of drug-likeness (QED) is 0.555. The number of aromatic nitrogens is 3. The van der Waals surface area contributed by atoms with Gasteiger partial charge in [-0.25, -0.2) is 9.50 Å². The van der Waals surface area contributed by atoms with Crippen molar-refractivity contribution < 1.29 is 19.0 Å². The summed E-state index contributed by atoms with van der Waals surface area (Å²) in [7, 11) is 2.98. The number of pyridine rings is 1. The first-order valence-corrected chi connectivity index (χ1v) is 10.2. The minimum absolute atomic E-state index is 0.265. The van der Waals surface area contributed by atoms with Gasteiger partial charge in [-0.3, -0.25) is 4.79 Å². The molecule has 1 aliphatic rings. The highest BCUT2D eigenvalue weighted by Gasteiger charge is 2.56. The van der Waals surface area contributed by atoms with Gasteiger partial charge < -0.3 is 14.2 Å². The number of aryl methyl sites for hydroxylation is 1. The molecule has 2 aromatic heterocycles. The summed E-state index contributed by atoms with van der Waals surface area (Å²) in [6.07, 6.45) is 3.20. The Morgan fingerprint density at radius 3 is 2.70 bits per heavy atom. The number of methoxy groups -OCH3 is 2. The summed E-state index contributed by atoms with van der Waals surface area (Å²) in [6, 6.07) is 12.2. The molecule has 7 nitrogen and oxygen atoms in total. The number of ether oxygens (including phenoxy) is 3. The van der Waals surface area contributed by atoms with Gasteiger partial charge in [-0.15, -0.1) is 5.10 Å². The summed E-state index contributed by atoms with van der Waals surface area (Å²) in [6.45, 7) is 4.67. The lowest BCUT2D eigenvalue weighted by Gasteiger charge is -2.44. The van der Waals surface area contributed by atoms with Gasteiger partial charge in [-0.05, 0) is 37.0 Å². The van der Waals surface area contributed by atoms with Gasteiger partial charge in [-0.2, -0.15) is 0 Å². The van der Waals surface area contributed by atoms with Crippen LogP contribution in [0.5, 0.6) is 5.75 Å². The van der Waals surface area contributed by atoms with Gasteiger partial charge in [0.05, 0.1) is 25.8 Å². The number of esters is 1. The molecule has 158 valence electrons. The van der Waals surface area contributed by atoms with E-state index in [0.717, 1.165) is 17.0 Å².